The van der Waals surface area contributed by atoms with E-state index in [0.29, 0.717) is 33.0 Å². The van der Waals surface area contributed by atoms with Crippen molar-refractivity contribution in [2.45, 2.75) is 0 Å². The molecule has 0 spiro atoms. The van der Waals surface area contributed by atoms with Crippen molar-refractivity contribution in [2.75, 3.05) is 60.3 Å². The van der Waals surface area contributed by atoms with Gasteiger partial charge in [0.2, 0.25) is 0 Å². The fourth-order valence-corrected chi connectivity index (χ4v) is 0.828. The summed E-state index contributed by atoms with van der Waals surface area (Å²) in [6.45, 7) is 3.42. The van der Waals surface area contributed by atoms with Crippen LogP contribution in [0.3, 0.4) is 0 Å². The first-order chi connectivity index (χ1) is 7.81. The molecule has 0 aliphatic heterocycles. The summed E-state index contributed by atoms with van der Waals surface area (Å²) < 4.78 is 19.8. The monoisotopic (exact) mass is 235 g/mol. The Morgan fingerprint density at radius 2 is 1.56 bits per heavy atom. The van der Waals surface area contributed by atoms with Crippen LogP contribution in [-0.2, 0) is 23.7 Å². The Hall–Kier alpha value is -0.690. The second-order valence-electron chi connectivity index (χ2n) is 2.96. The van der Waals surface area contributed by atoms with Gasteiger partial charge in [-0.15, -0.1) is 0 Å². The van der Waals surface area contributed by atoms with Gasteiger partial charge in [-0.05, 0) is 7.05 Å². The van der Waals surface area contributed by atoms with Gasteiger partial charge in [-0.2, -0.15) is 0 Å². The summed E-state index contributed by atoms with van der Waals surface area (Å²) in [6.07, 6.45) is 0. The maximum Gasteiger partial charge on any atom is 0.331 e. The summed E-state index contributed by atoms with van der Waals surface area (Å²) in [4.78, 5) is 10.6. The van der Waals surface area contributed by atoms with Gasteiger partial charge < -0.3 is 24.3 Å². The van der Waals surface area contributed by atoms with Gasteiger partial charge in [-0.1, -0.05) is 0 Å². The summed E-state index contributed by atoms with van der Waals surface area (Å²) in [6, 6.07) is 0. The van der Waals surface area contributed by atoms with Crippen molar-refractivity contribution in [3.05, 3.63) is 0 Å². The van der Waals surface area contributed by atoms with E-state index < -0.39 is 0 Å². The highest BCUT2D eigenvalue weighted by atomic mass is 16.6. The molecule has 0 aromatic rings. The van der Waals surface area contributed by atoms with Crippen LogP contribution in [0.25, 0.3) is 0 Å². The molecule has 0 unspecified atom stereocenters. The van der Waals surface area contributed by atoms with E-state index in [1.165, 1.54) is 7.11 Å². The predicted molar refractivity (Wildman–Crippen MR) is 58.4 cm³/mol. The van der Waals surface area contributed by atoms with Gasteiger partial charge in [0, 0.05) is 6.54 Å². The number of hydrogen-bond acceptors (Lipinski definition) is 6. The molecular weight excluding hydrogens is 214 g/mol. The smallest absolute Gasteiger partial charge is 0.331 e. The number of carbonyl (C=O) groups is 1. The fourth-order valence-electron chi connectivity index (χ4n) is 0.828. The first-order valence-electron chi connectivity index (χ1n) is 5.26. The summed E-state index contributed by atoms with van der Waals surface area (Å²) in [5, 5.41) is 2.97. The lowest BCUT2D eigenvalue weighted by Gasteiger charge is -2.06. The lowest BCUT2D eigenvalue weighted by atomic mass is 10.6. The maximum absolute atomic E-state index is 10.6. The van der Waals surface area contributed by atoms with E-state index >= 15 is 0 Å². The van der Waals surface area contributed by atoms with E-state index in [1.54, 1.807) is 0 Å². The number of esters is 1. The molecule has 0 rings (SSSR count). The summed E-state index contributed by atoms with van der Waals surface area (Å²) in [5.41, 5.74) is 0. The minimum Gasteiger partial charge on any atom is -0.467 e. The maximum atomic E-state index is 10.6. The van der Waals surface area contributed by atoms with Gasteiger partial charge in [0.05, 0.1) is 40.1 Å². The molecule has 0 fully saturated rings. The molecule has 6 nitrogen and oxygen atoms in total. The van der Waals surface area contributed by atoms with Crippen LogP contribution in [0.4, 0.5) is 0 Å². The lowest BCUT2D eigenvalue weighted by Crippen LogP contribution is -2.17. The Morgan fingerprint density at radius 1 is 1.00 bits per heavy atom. The minimum atomic E-state index is -0.379. The summed E-state index contributed by atoms with van der Waals surface area (Å²) in [5.74, 6) is -0.379. The van der Waals surface area contributed by atoms with E-state index in [-0.39, 0.29) is 12.6 Å². The fraction of sp³-hybridized carbons (Fsp3) is 0.900. The van der Waals surface area contributed by atoms with Crippen molar-refractivity contribution in [3.8, 4) is 0 Å². The molecule has 0 aliphatic carbocycles. The van der Waals surface area contributed by atoms with Gasteiger partial charge in [0.25, 0.3) is 0 Å². The number of ether oxygens (including phenoxy) is 4. The van der Waals surface area contributed by atoms with Gasteiger partial charge in [-0.3, -0.25) is 0 Å². The number of methoxy groups -OCH3 is 1. The van der Waals surface area contributed by atoms with Crippen LogP contribution in [0.15, 0.2) is 0 Å². The first kappa shape index (κ1) is 15.3. The number of hydrogen-bond donors (Lipinski definition) is 1. The van der Waals surface area contributed by atoms with Crippen molar-refractivity contribution < 1.29 is 23.7 Å². The van der Waals surface area contributed by atoms with Crippen LogP contribution in [0, 0.1) is 0 Å². The molecule has 6 heteroatoms. The average molecular weight is 235 g/mol. The Kier molecular flexibility index (Phi) is 11.8. The van der Waals surface area contributed by atoms with Crippen molar-refractivity contribution >= 4 is 5.97 Å². The second-order valence-corrected chi connectivity index (χ2v) is 2.96. The van der Waals surface area contributed by atoms with E-state index in [9.17, 15) is 4.79 Å². The molecule has 0 radical (unpaired) electrons. The van der Waals surface area contributed by atoms with E-state index in [2.05, 4.69) is 10.1 Å². The van der Waals surface area contributed by atoms with E-state index in [1.807, 2.05) is 7.05 Å². The quantitative estimate of drug-likeness (QED) is 0.382. The molecule has 0 amide bonds. The number of likely N-dealkylation sites (N-methyl/N-ethyl adjacent to an activating group) is 1. The largest absolute Gasteiger partial charge is 0.467 e. The van der Waals surface area contributed by atoms with Gasteiger partial charge in [0.15, 0.2) is 0 Å². The molecular formula is C10H21NO5. The lowest BCUT2D eigenvalue weighted by molar-refractivity contribution is -0.146. The molecule has 0 aliphatic rings. The normalized spacial score (nSPS) is 10.4. The van der Waals surface area contributed by atoms with Crippen molar-refractivity contribution in [1.29, 1.82) is 0 Å². The molecule has 0 saturated carbocycles. The topological polar surface area (TPSA) is 66.0 Å². The number of rotatable bonds is 11. The average Bonchev–Trinajstić information content (AvgIpc) is 2.31. The van der Waals surface area contributed by atoms with Crippen molar-refractivity contribution in [2.24, 2.45) is 0 Å². The van der Waals surface area contributed by atoms with Crippen LogP contribution in [0.1, 0.15) is 0 Å². The molecule has 0 saturated heterocycles. The highest BCUT2D eigenvalue weighted by molar-refractivity contribution is 5.70. The molecule has 16 heavy (non-hydrogen) atoms. The SMILES string of the molecule is CNCCOCCOCCOCC(=O)OC. The van der Waals surface area contributed by atoms with Crippen LogP contribution >= 0.6 is 0 Å². The molecule has 0 aromatic heterocycles. The zero-order chi connectivity index (χ0) is 12.1. The highest BCUT2D eigenvalue weighted by Crippen LogP contribution is 1.82. The molecule has 0 aromatic carbocycles. The van der Waals surface area contributed by atoms with Crippen molar-refractivity contribution in [3.63, 3.8) is 0 Å². The van der Waals surface area contributed by atoms with E-state index in [4.69, 9.17) is 14.2 Å². The Labute approximate surface area is 96.2 Å². The Morgan fingerprint density at radius 3 is 2.12 bits per heavy atom. The third-order valence-electron chi connectivity index (χ3n) is 1.69. The highest BCUT2D eigenvalue weighted by Gasteiger charge is 1.98. The molecule has 0 heterocycles. The van der Waals surface area contributed by atoms with E-state index in [0.717, 1.165) is 6.54 Å². The summed E-state index contributed by atoms with van der Waals surface area (Å²) in [7, 11) is 3.20. The van der Waals surface area contributed by atoms with Crippen molar-refractivity contribution in [1.82, 2.24) is 5.32 Å². The third-order valence-corrected chi connectivity index (χ3v) is 1.69. The zero-order valence-electron chi connectivity index (χ0n) is 9.99. The second kappa shape index (κ2) is 12.4. The molecule has 0 bridgehead atoms. The summed E-state index contributed by atoms with van der Waals surface area (Å²) >= 11 is 0. The Balaban J connectivity index is 2.96. The Bertz CT molecular complexity index is 165. The first-order valence-corrected chi connectivity index (χ1v) is 5.26. The van der Waals surface area contributed by atoms with Crippen LogP contribution in [0.2, 0.25) is 0 Å². The van der Waals surface area contributed by atoms with Crippen LogP contribution in [-0.4, -0.2) is 66.3 Å². The van der Waals surface area contributed by atoms with Gasteiger partial charge in [-0.25, -0.2) is 4.79 Å². The van der Waals surface area contributed by atoms with Crippen LogP contribution in [0.5, 0.6) is 0 Å². The predicted octanol–water partition coefficient (Wildman–Crippen LogP) is -0.571. The molecule has 0 atom stereocenters. The standard InChI is InChI=1S/C10H21NO5/c1-11-3-4-14-5-6-15-7-8-16-9-10(12)13-2/h11H,3-9H2,1-2H3. The zero-order valence-corrected chi connectivity index (χ0v) is 9.99. The van der Waals surface area contributed by atoms with Gasteiger partial charge in [0.1, 0.15) is 6.61 Å². The molecule has 96 valence electrons. The van der Waals surface area contributed by atoms with Crippen LogP contribution < -0.4 is 5.32 Å². The minimum absolute atomic E-state index is 0.0292. The van der Waals surface area contributed by atoms with Gasteiger partial charge >= 0.3 is 5.97 Å². The molecule has 1 N–H and O–H groups in total. The number of nitrogens with one attached hydrogen (secondary N) is 1. The number of carbonyl (C=O) groups excluding carboxylic acids is 1. The third kappa shape index (κ3) is 11.4.